The summed E-state index contributed by atoms with van der Waals surface area (Å²) in [7, 11) is -0.588. The van der Waals surface area contributed by atoms with E-state index in [4.69, 9.17) is 4.74 Å². The monoisotopic (exact) mass is 555 g/mol. The zero-order valence-corrected chi connectivity index (χ0v) is 23.2. The van der Waals surface area contributed by atoms with Crippen LogP contribution in [0.3, 0.4) is 0 Å². The zero-order valence-electron chi connectivity index (χ0n) is 22.3. The molecule has 0 aliphatic heterocycles. The average Bonchev–Trinajstić information content (AvgIpc) is 2.93. The summed E-state index contributed by atoms with van der Waals surface area (Å²) in [6.45, 7) is 0.182. The molecule has 0 unspecified atom stereocenters. The number of hydrogen-bond donors (Lipinski definition) is 1. The largest absolute Gasteiger partial charge is 0.497 e. The number of nitrogens with one attached hydrogen (secondary N) is 1. The molecule has 0 radical (unpaired) electrons. The molecule has 3 aromatic rings. The molecule has 0 aliphatic carbocycles. The summed E-state index contributed by atoms with van der Waals surface area (Å²) >= 11 is 0. The number of ether oxygens (including phenoxy) is 1. The van der Waals surface area contributed by atoms with Gasteiger partial charge < -0.3 is 15.0 Å². The fourth-order valence-electron chi connectivity index (χ4n) is 4.30. The lowest BCUT2D eigenvalue weighted by molar-refractivity contribution is -0.141. The van der Waals surface area contributed by atoms with E-state index in [1.165, 1.54) is 36.2 Å². The number of carbonyl (C=O) groups is 2. The van der Waals surface area contributed by atoms with E-state index in [0.717, 1.165) is 21.7 Å². The van der Waals surface area contributed by atoms with Crippen LogP contribution in [0.15, 0.2) is 78.9 Å². The number of hydrogen-bond acceptors (Lipinski definition) is 5. The van der Waals surface area contributed by atoms with Crippen LogP contribution >= 0.6 is 0 Å². The molecule has 0 saturated heterocycles. The maximum absolute atomic E-state index is 13.7. The molecule has 0 fully saturated rings. The number of methoxy groups -OCH3 is 1. The summed E-state index contributed by atoms with van der Waals surface area (Å²) in [5.41, 5.74) is 2.00. The van der Waals surface area contributed by atoms with Crippen molar-refractivity contribution in [2.75, 3.05) is 31.3 Å². The number of anilines is 1. The molecule has 3 rings (SSSR count). The van der Waals surface area contributed by atoms with E-state index in [9.17, 15) is 22.4 Å². The molecule has 0 spiro atoms. The van der Waals surface area contributed by atoms with E-state index in [1.807, 2.05) is 48.5 Å². The molecule has 0 saturated carbocycles. The summed E-state index contributed by atoms with van der Waals surface area (Å²) in [4.78, 5) is 28.2. The predicted octanol–water partition coefficient (Wildman–Crippen LogP) is 3.77. The Morgan fingerprint density at radius 3 is 2.26 bits per heavy atom. The Hall–Kier alpha value is -3.92. The second-order valence-electron chi connectivity index (χ2n) is 9.11. The van der Waals surface area contributed by atoms with Gasteiger partial charge in [-0.1, -0.05) is 42.5 Å². The minimum absolute atomic E-state index is 0.000529. The molecule has 3 aromatic carbocycles. The van der Waals surface area contributed by atoms with Crippen molar-refractivity contribution in [2.45, 2.75) is 31.8 Å². The Balaban J connectivity index is 1.85. The van der Waals surface area contributed by atoms with Crippen LogP contribution in [0, 0.1) is 5.82 Å². The number of likely N-dealkylation sites (N-methyl/N-ethyl adjacent to an activating group) is 1. The van der Waals surface area contributed by atoms with Gasteiger partial charge in [0.05, 0.1) is 19.1 Å². The van der Waals surface area contributed by atoms with Gasteiger partial charge >= 0.3 is 0 Å². The number of halogens is 1. The van der Waals surface area contributed by atoms with Gasteiger partial charge in [-0.3, -0.25) is 13.9 Å². The smallest absolute Gasteiger partial charge is 0.242 e. The second kappa shape index (κ2) is 13.7. The van der Waals surface area contributed by atoms with Gasteiger partial charge in [0.25, 0.3) is 0 Å². The second-order valence-corrected chi connectivity index (χ2v) is 11.0. The Kier molecular flexibility index (Phi) is 10.4. The zero-order chi connectivity index (χ0) is 28.4. The van der Waals surface area contributed by atoms with Gasteiger partial charge in [0, 0.05) is 33.0 Å². The molecule has 2 amide bonds. The highest BCUT2D eigenvalue weighted by molar-refractivity contribution is 7.92. The molecular weight excluding hydrogens is 521 g/mol. The van der Waals surface area contributed by atoms with E-state index in [1.54, 1.807) is 13.2 Å². The van der Waals surface area contributed by atoms with Crippen molar-refractivity contribution in [1.29, 1.82) is 0 Å². The highest BCUT2D eigenvalue weighted by Crippen LogP contribution is 2.21. The molecule has 0 heterocycles. The van der Waals surface area contributed by atoms with Gasteiger partial charge in [0.1, 0.15) is 17.6 Å². The van der Waals surface area contributed by atoms with Crippen LogP contribution in [0.1, 0.15) is 24.0 Å². The first-order valence-electron chi connectivity index (χ1n) is 12.5. The van der Waals surface area contributed by atoms with E-state index in [-0.39, 0.29) is 37.7 Å². The van der Waals surface area contributed by atoms with Crippen LogP contribution in [0.2, 0.25) is 0 Å². The number of rotatable bonds is 13. The lowest BCUT2D eigenvalue weighted by atomic mass is 10.0. The highest BCUT2D eigenvalue weighted by Gasteiger charge is 2.30. The Bertz CT molecular complexity index is 1350. The normalized spacial score (nSPS) is 11.9. The molecule has 8 nitrogen and oxygen atoms in total. The number of nitrogens with zero attached hydrogens (tertiary/aromatic N) is 2. The van der Waals surface area contributed by atoms with Gasteiger partial charge in [-0.2, -0.15) is 0 Å². The Labute approximate surface area is 229 Å². The van der Waals surface area contributed by atoms with Crippen LogP contribution < -0.4 is 14.4 Å². The fourth-order valence-corrected chi connectivity index (χ4v) is 5.26. The van der Waals surface area contributed by atoms with Crippen LogP contribution in [0.4, 0.5) is 10.1 Å². The molecule has 1 atom stereocenters. The summed E-state index contributed by atoms with van der Waals surface area (Å²) in [5.74, 6) is -0.453. The molecule has 0 aliphatic rings. The van der Waals surface area contributed by atoms with Crippen LogP contribution in [-0.2, 0) is 32.6 Å². The summed E-state index contributed by atoms with van der Waals surface area (Å²) in [5, 5.41) is 2.67. The quantitative estimate of drug-likeness (QED) is 0.347. The first-order valence-corrected chi connectivity index (χ1v) is 14.4. The van der Waals surface area contributed by atoms with E-state index in [2.05, 4.69) is 5.32 Å². The van der Waals surface area contributed by atoms with Gasteiger partial charge in [0.2, 0.25) is 21.8 Å². The third kappa shape index (κ3) is 8.54. The van der Waals surface area contributed by atoms with Crippen molar-refractivity contribution >= 4 is 27.5 Å². The van der Waals surface area contributed by atoms with Gasteiger partial charge in [0.15, 0.2) is 0 Å². The van der Waals surface area contributed by atoms with Gasteiger partial charge in [-0.05, 0) is 53.9 Å². The fraction of sp³-hybridized carbons (Fsp3) is 0.310. The standard InChI is InChI=1S/C29H34FN3O5S/c1-31-29(35)27(20-22-9-5-4-6-10-22)32(21-23-11-7-12-26(19-23)38-2)28(34)13-8-18-33(39(3,36)37)25-16-14-24(30)15-17-25/h4-7,9-12,14-17,19,27H,8,13,18,20-21H2,1-3H3,(H,31,35)/t27-/m0/s1. The summed E-state index contributed by atoms with van der Waals surface area (Å²) in [6.07, 6.45) is 1.57. The maximum Gasteiger partial charge on any atom is 0.242 e. The van der Waals surface area contributed by atoms with Crippen LogP contribution in [0.25, 0.3) is 0 Å². The third-order valence-electron chi connectivity index (χ3n) is 6.27. The highest BCUT2D eigenvalue weighted by atomic mass is 32.2. The predicted molar refractivity (Wildman–Crippen MR) is 149 cm³/mol. The minimum Gasteiger partial charge on any atom is -0.497 e. The Morgan fingerprint density at radius 2 is 1.64 bits per heavy atom. The van der Waals surface area contributed by atoms with Crippen molar-refractivity contribution in [3.8, 4) is 5.75 Å². The van der Waals surface area contributed by atoms with E-state index >= 15 is 0 Å². The lowest BCUT2D eigenvalue weighted by Crippen LogP contribution is -2.49. The van der Waals surface area contributed by atoms with Gasteiger partial charge in [-0.15, -0.1) is 0 Å². The number of carbonyl (C=O) groups excluding carboxylic acids is 2. The van der Waals surface area contributed by atoms with E-state index < -0.39 is 21.9 Å². The van der Waals surface area contributed by atoms with Crippen LogP contribution in [-0.4, -0.2) is 58.1 Å². The first kappa shape index (κ1) is 29.6. The summed E-state index contributed by atoms with van der Waals surface area (Å²) < 4.78 is 44.7. The first-order chi connectivity index (χ1) is 18.6. The molecule has 208 valence electrons. The molecule has 0 aromatic heterocycles. The van der Waals surface area contributed by atoms with Crippen molar-refractivity contribution in [1.82, 2.24) is 10.2 Å². The SMILES string of the molecule is CNC(=O)[C@H](Cc1ccccc1)N(Cc1cccc(OC)c1)C(=O)CCCN(c1ccc(F)cc1)S(C)(=O)=O. The minimum atomic E-state index is -3.67. The third-order valence-corrected chi connectivity index (χ3v) is 7.47. The number of benzene rings is 3. The number of amides is 2. The Morgan fingerprint density at radius 1 is 0.974 bits per heavy atom. The maximum atomic E-state index is 13.7. The summed E-state index contributed by atoms with van der Waals surface area (Å²) in [6, 6.07) is 21.1. The lowest BCUT2D eigenvalue weighted by Gasteiger charge is -2.31. The van der Waals surface area contributed by atoms with Crippen molar-refractivity contribution in [2.24, 2.45) is 0 Å². The van der Waals surface area contributed by atoms with Crippen molar-refractivity contribution < 1.29 is 27.1 Å². The topological polar surface area (TPSA) is 96.0 Å². The van der Waals surface area contributed by atoms with Crippen molar-refractivity contribution in [3.05, 3.63) is 95.8 Å². The van der Waals surface area contributed by atoms with Crippen molar-refractivity contribution in [3.63, 3.8) is 0 Å². The molecule has 10 heteroatoms. The van der Waals surface area contributed by atoms with E-state index in [0.29, 0.717) is 17.9 Å². The van der Waals surface area contributed by atoms with Gasteiger partial charge in [-0.25, -0.2) is 12.8 Å². The molecule has 39 heavy (non-hydrogen) atoms. The van der Waals surface area contributed by atoms with Crippen LogP contribution in [0.5, 0.6) is 5.75 Å². The number of sulfonamides is 1. The average molecular weight is 556 g/mol. The molecule has 1 N–H and O–H groups in total. The molecular formula is C29H34FN3O5S. The molecule has 0 bridgehead atoms.